The van der Waals surface area contributed by atoms with Crippen LogP contribution in [0.25, 0.3) is 0 Å². The van der Waals surface area contributed by atoms with Gasteiger partial charge in [0.15, 0.2) is 0 Å². The second-order valence-corrected chi connectivity index (χ2v) is 4.91. The minimum atomic E-state index is 0.331. The molecule has 4 heteroatoms. The quantitative estimate of drug-likeness (QED) is 0.897. The largest absolute Gasteiger partial charge is 0.497 e. The molecule has 0 aliphatic rings. The first-order valence-electron chi connectivity index (χ1n) is 6.48. The zero-order chi connectivity index (χ0) is 13.8. The van der Waals surface area contributed by atoms with Crippen molar-refractivity contribution in [2.24, 2.45) is 0 Å². The summed E-state index contributed by atoms with van der Waals surface area (Å²) in [4.78, 5) is 0. The number of nitrogen functional groups attached to an aromatic ring is 1. The predicted octanol–water partition coefficient (Wildman–Crippen LogP) is 3.17. The van der Waals surface area contributed by atoms with Crippen LogP contribution < -0.4 is 10.5 Å². The summed E-state index contributed by atoms with van der Waals surface area (Å²) in [6, 6.07) is 8.07. The first-order chi connectivity index (χ1) is 9.11. The maximum Gasteiger partial charge on any atom is 0.225 e. The zero-order valence-electron chi connectivity index (χ0n) is 11.6. The molecule has 0 saturated heterocycles. The number of nitrogens with two attached hydrogens (primary N) is 1. The van der Waals surface area contributed by atoms with Crippen LogP contribution in [0.1, 0.15) is 36.6 Å². The lowest BCUT2D eigenvalue weighted by atomic mass is 9.99. The number of aryl methyl sites for hydroxylation is 2. The third-order valence-corrected chi connectivity index (χ3v) is 3.22. The average Bonchev–Trinajstić information content (AvgIpc) is 2.78. The Kier molecular flexibility index (Phi) is 4.10. The summed E-state index contributed by atoms with van der Waals surface area (Å²) < 4.78 is 10.2. The summed E-state index contributed by atoms with van der Waals surface area (Å²) in [5.74, 6) is 1.65. The van der Waals surface area contributed by atoms with Gasteiger partial charge in [-0.15, -0.1) is 0 Å². The molecule has 0 bridgehead atoms. The van der Waals surface area contributed by atoms with Crippen LogP contribution in [-0.2, 0) is 12.8 Å². The van der Waals surface area contributed by atoms with Crippen molar-refractivity contribution in [3.05, 3.63) is 41.1 Å². The van der Waals surface area contributed by atoms with E-state index in [0.717, 1.165) is 29.8 Å². The van der Waals surface area contributed by atoms with E-state index in [1.54, 1.807) is 7.11 Å². The number of rotatable bonds is 5. The van der Waals surface area contributed by atoms with E-state index in [-0.39, 0.29) is 0 Å². The molecule has 19 heavy (non-hydrogen) atoms. The van der Waals surface area contributed by atoms with E-state index in [9.17, 15) is 0 Å². The topological polar surface area (TPSA) is 61.3 Å². The molecule has 0 amide bonds. The highest BCUT2D eigenvalue weighted by Crippen LogP contribution is 2.26. The highest BCUT2D eigenvalue weighted by molar-refractivity contribution is 5.41. The molecule has 0 aliphatic carbocycles. The molecule has 0 spiro atoms. The summed E-state index contributed by atoms with van der Waals surface area (Å²) in [5.41, 5.74) is 9.05. The Morgan fingerprint density at radius 1 is 1.21 bits per heavy atom. The highest BCUT2D eigenvalue weighted by Gasteiger charge is 2.16. The number of nitrogens with zero attached hydrogens (tertiary/aromatic N) is 1. The van der Waals surface area contributed by atoms with Crippen molar-refractivity contribution in [1.82, 2.24) is 5.16 Å². The molecule has 1 aromatic carbocycles. The fourth-order valence-corrected chi connectivity index (χ4v) is 2.20. The molecular weight excluding hydrogens is 240 g/mol. The van der Waals surface area contributed by atoms with Gasteiger partial charge in [-0.25, -0.2) is 0 Å². The van der Waals surface area contributed by atoms with Gasteiger partial charge in [0.25, 0.3) is 0 Å². The van der Waals surface area contributed by atoms with Gasteiger partial charge in [-0.2, -0.15) is 0 Å². The highest BCUT2D eigenvalue weighted by atomic mass is 16.5. The van der Waals surface area contributed by atoms with E-state index in [1.165, 1.54) is 5.56 Å². The van der Waals surface area contributed by atoms with Crippen LogP contribution in [0, 0.1) is 0 Å². The fraction of sp³-hybridized carbons (Fsp3) is 0.400. The summed E-state index contributed by atoms with van der Waals surface area (Å²) >= 11 is 0. The number of hydrogen-bond donors (Lipinski definition) is 1. The van der Waals surface area contributed by atoms with Gasteiger partial charge < -0.3 is 15.0 Å². The number of methoxy groups -OCH3 is 1. The predicted molar refractivity (Wildman–Crippen MR) is 75.4 cm³/mol. The molecular formula is C15H20N2O2. The molecule has 0 unspecified atom stereocenters. The second-order valence-electron chi connectivity index (χ2n) is 4.91. The van der Waals surface area contributed by atoms with E-state index >= 15 is 0 Å². The molecule has 4 nitrogen and oxygen atoms in total. The van der Waals surface area contributed by atoms with Crippen LogP contribution in [0.5, 0.6) is 5.75 Å². The SMILES string of the molecule is COc1ccc(CCc2noc(N)c2C(C)C)cc1. The van der Waals surface area contributed by atoms with Crippen LogP contribution in [0.15, 0.2) is 28.8 Å². The van der Waals surface area contributed by atoms with Gasteiger partial charge in [-0.05, 0) is 36.5 Å². The van der Waals surface area contributed by atoms with Gasteiger partial charge in [0.2, 0.25) is 5.88 Å². The fourth-order valence-electron chi connectivity index (χ4n) is 2.20. The lowest BCUT2D eigenvalue weighted by molar-refractivity contribution is 0.414. The van der Waals surface area contributed by atoms with E-state index in [1.807, 2.05) is 12.1 Å². The van der Waals surface area contributed by atoms with Crippen molar-refractivity contribution in [3.8, 4) is 5.75 Å². The van der Waals surface area contributed by atoms with Gasteiger partial charge in [0.1, 0.15) is 5.75 Å². The molecule has 0 aliphatic heterocycles. The van der Waals surface area contributed by atoms with Crippen molar-refractivity contribution in [2.75, 3.05) is 12.8 Å². The summed E-state index contributed by atoms with van der Waals surface area (Å²) in [5, 5.41) is 4.06. The summed E-state index contributed by atoms with van der Waals surface area (Å²) in [6.45, 7) is 4.19. The summed E-state index contributed by atoms with van der Waals surface area (Å²) in [7, 11) is 1.67. The Morgan fingerprint density at radius 3 is 2.47 bits per heavy atom. The van der Waals surface area contributed by atoms with E-state index in [2.05, 4.69) is 31.1 Å². The van der Waals surface area contributed by atoms with Crippen molar-refractivity contribution in [1.29, 1.82) is 0 Å². The van der Waals surface area contributed by atoms with Crippen molar-refractivity contribution in [3.63, 3.8) is 0 Å². The first kappa shape index (κ1) is 13.5. The number of aromatic nitrogens is 1. The van der Waals surface area contributed by atoms with Gasteiger partial charge in [-0.1, -0.05) is 31.1 Å². The van der Waals surface area contributed by atoms with Gasteiger partial charge in [-0.3, -0.25) is 0 Å². The molecule has 1 aromatic heterocycles. The van der Waals surface area contributed by atoms with Crippen LogP contribution in [0.2, 0.25) is 0 Å². The van der Waals surface area contributed by atoms with Crippen LogP contribution in [0.4, 0.5) is 5.88 Å². The van der Waals surface area contributed by atoms with Crippen LogP contribution >= 0.6 is 0 Å². The minimum Gasteiger partial charge on any atom is -0.497 e. The minimum absolute atomic E-state index is 0.331. The number of ether oxygens (including phenoxy) is 1. The molecule has 0 saturated carbocycles. The van der Waals surface area contributed by atoms with E-state index in [0.29, 0.717) is 11.8 Å². The van der Waals surface area contributed by atoms with Gasteiger partial charge in [0, 0.05) is 5.56 Å². The zero-order valence-corrected chi connectivity index (χ0v) is 11.6. The molecule has 2 aromatic rings. The molecule has 102 valence electrons. The third kappa shape index (κ3) is 3.08. The molecule has 2 N–H and O–H groups in total. The Bertz CT molecular complexity index is 530. The van der Waals surface area contributed by atoms with Crippen molar-refractivity contribution in [2.45, 2.75) is 32.6 Å². The second kappa shape index (κ2) is 5.78. The van der Waals surface area contributed by atoms with E-state index in [4.69, 9.17) is 15.0 Å². The Labute approximate surface area is 113 Å². The smallest absolute Gasteiger partial charge is 0.225 e. The summed E-state index contributed by atoms with van der Waals surface area (Å²) in [6.07, 6.45) is 1.75. The monoisotopic (exact) mass is 260 g/mol. The van der Waals surface area contributed by atoms with Gasteiger partial charge in [0.05, 0.1) is 12.8 Å². The lowest BCUT2D eigenvalue weighted by Gasteiger charge is -2.06. The lowest BCUT2D eigenvalue weighted by Crippen LogP contribution is -1.99. The third-order valence-electron chi connectivity index (χ3n) is 3.22. The molecule has 2 rings (SSSR count). The first-order valence-corrected chi connectivity index (χ1v) is 6.48. The Hall–Kier alpha value is -1.97. The van der Waals surface area contributed by atoms with Crippen molar-refractivity contribution >= 4 is 5.88 Å². The Balaban J connectivity index is 2.05. The van der Waals surface area contributed by atoms with Crippen LogP contribution in [-0.4, -0.2) is 12.3 Å². The standard InChI is InChI=1S/C15H20N2O2/c1-10(2)14-13(17-19-15(14)16)9-6-11-4-7-12(18-3)8-5-11/h4-5,7-8,10H,6,9,16H2,1-3H3. The molecule has 1 heterocycles. The number of anilines is 1. The van der Waals surface area contributed by atoms with Crippen molar-refractivity contribution < 1.29 is 9.26 Å². The van der Waals surface area contributed by atoms with Gasteiger partial charge >= 0.3 is 0 Å². The number of benzene rings is 1. The maximum atomic E-state index is 5.80. The molecule has 0 atom stereocenters. The van der Waals surface area contributed by atoms with E-state index < -0.39 is 0 Å². The average molecular weight is 260 g/mol. The number of hydrogen-bond acceptors (Lipinski definition) is 4. The molecule has 0 fully saturated rings. The molecule has 0 radical (unpaired) electrons. The maximum absolute atomic E-state index is 5.80. The normalized spacial score (nSPS) is 10.9. The Morgan fingerprint density at radius 2 is 1.89 bits per heavy atom. The van der Waals surface area contributed by atoms with Crippen LogP contribution in [0.3, 0.4) is 0 Å².